The van der Waals surface area contributed by atoms with E-state index in [1.807, 2.05) is 60.7 Å². The quantitative estimate of drug-likeness (QED) is 0.686. The number of carbonyl (C=O) groups is 2. The van der Waals surface area contributed by atoms with Crippen molar-refractivity contribution in [2.24, 2.45) is 0 Å². The molecule has 1 aromatic heterocycles. The first kappa shape index (κ1) is 17.2. The Morgan fingerprint density at radius 3 is 2.31 bits per heavy atom. The van der Waals surface area contributed by atoms with E-state index < -0.39 is 11.9 Å². The molecule has 0 spiro atoms. The number of hydrogen-bond acceptors (Lipinski definition) is 5. The van der Waals surface area contributed by atoms with Gasteiger partial charge in [-0.2, -0.15) is 5.10 Å². The number of nitrogens with one attached hydrogen (secondary N) is 1. The number of methoxy groups -OCH3 is 1. The van der Waals surface area contributed by atoms with E-state index in [4.69, 9.17) is 5.73 Å². The number of benzene rings is 2. The number of carbonyl (C=O) groups excluding carboxylic acids is 2. The molecule has 7 heteroatoms. The first-order valence-corrected chi connectivity index (χ1v) is 7.96. The summed E-state index contributed by atoms with van der Waals surface area (Å²) in [6, 6.07) is 18.5. The summed E-state index contributed by atoms with van der Waals surface area (Å²) in [7, 11) is 1.26. The van der Waals surface area contributed by atoms with Gasteiger partial charge < -0.3 is 15.8 Å². The van der Waals surface area contributed by atoms with Gasteiger partial charge in [0.05, 0.1) is 12.8 Å². The fourth-order valence-corrected chi connectivity index (χ4v) is 2.53. The number of rotatable bonds is 5. The van der Waals surface area contributed by atoms with Crippen LogP contribution in [0.3, 0.4) is 0 Å². The number of aromatic nitrogens is 2. The second-order valence-corrected chi connectivity index (χ2v) is 5.48. The molecule has 0 aliphatic heterocycles. The zero-order valence-corrected chi connectivity index (χ0v) is 14.2. The molecule has 0 bridgehead atoms. The first-order chi connectivity index (χ1) is 12.6. The molecule has 26 heavy (non-hydrogen) atoms. The van der Waals surface area contributed by atoms with E-state index in [9.17, 15) is 9.59 Å². The fourth-order valence-electron chi connectivity index (χ4n) is 2.53. The number of nitrogens with two attached hydrogens (primary N) is 1. The lowest BCUT2D eigenvalue weighted by Crippen LogP contribution is -2.30. The van der Waals surface area contributed by atoms with E-state index in [0.717, 1.165) is 11.3 Å². The molecule has 0 aliphatic rings. The molecular formula is C19H18N4O3. The van der Waals surface area contributed by atoms with Crippen LogP contribution >= 0.6 is 0 Å². The van der Waals surface area contributed by atoms with Crippen LogP contribution in [0.25, 0.3) is 16.9 Å². The van der Waals surface area contributed by atoms with E-state index in [1.165, 1.54) is 11.8 Å². The molecule has 3 aromatic rings. The average molecular weight is 350 g/mol. The van der Waals surface area contributed by atoms with Crippen LogP contribution in [0.1, 0.15) is 10.4 Å². The number of nitrogens with zero attached hydrogens (tertiary/aromatic N) is 2. The molecule has 0 fully saturated rings. The Morgan fingerprint density at radius 1 is 1.08 bits per heavy atom. The van der Waals surface area contributed by atoms with Crippen molar-refractivity contribution in [3.05, 3.63) is 66.2 Å². The van der Waals surface area contributed by atoms with Crippen LogP contribution in [0.4, 0.5) is 5.82 Å². The maximum absolute atomic E-state index is 12.7. The first-order valence-electron chi connectivity index (χ1n) is 7.96. The van der Waals surface area contributed by atoms with Crippen molar-refractivity contribution in [3.8, 4) is 16.9 Å². The monoisotopic (exact) mass is 350 g/mol. The minimum absolute atomic E-state index is 0.192. The number of hydrogen-bond donors (Lipinski definition) is 2. The molecule has 7 nitrogen and oxygen atoms in total. The highest BCUT2D eigenvalue weighted by atomic mass is 16.5. The number of para-hydroxylation sites is 1. The second kappa shape index (κ2) is 7.52. The Morgan fingerprint density at radius 2 is 1.69 bits per heavy atom. The Bertz CT molecular complexity index is 921. The summed E-state index contributed by atoms with van der Waals surface area (Å²) >= 11 is 0. The largest absolute Gasteiger partial charge is 0.468 e. The van der Waals surface area contributed by atoms with Crippen molar-refractivity contribution in [2.45, 2.75) is 0 Å². The standard InChI is InChI=1S/C19H18N4O3/c1-26-15(24)12-21-19(25)16-17(13-8-4-2-5-9-13)22-23(18(16)20)14-10-6-3-7-11-14/h2-11H,12,20H2,1H3,(H,21,25). The molecule has 0 aliphatic carbocycles. The van der Waals surface area contributed by atoms with Crippen molar-refractivity contribution in [2.75, 3.05) is 19.4 Å². The van der Waals surface area contributed by atoms with Gasteiger partial charge in [0, 0.05) is 5.56 Å². The van der Waals surface area contributed by atoms with Crippen LogP contribution in [0, 0.1) is 0 Å². The van der Waals surface area contributed by atoms with Crippen molar-refractivity contribution in [1.29, 1.82) is 0 Å². The topological polar surface area (TPSA) is 99.2 Å². The highest BCUT2D eigenvalue weighted by Crippen LogP contribution is 2.29. The van der Waals surface area contributed by atoms with Gasteiger partial charge in [0.2, 0.25) is 0 Å². The SMILES string of the molecule is COC(=O)CNC(=O)c1c(-c2ccccc2)nn(-c2ccccc2)c1N. The van der Waals surface area contributed by atoms with Crippen LogP contribution in [0.15, 0.2) is 60.7 Å². The van der Waals surface area contributed by atoms with Crippen LogP contribution in [0.2, 0.25) is 0 Å². The maximum Gasteiger partial charge on any atom is 0.325 e. The predicted octanol–water partition coefficient (Wildman–Crippen LogP) is 2.02. The molecule has 0 radical (unpaired) electrons. The van der Waals surface area contributed by atoms with Gasteiger partial charge in [0.1, 0.15) is 23.6 Å². The highest BCUT2D eigenvalue weighted by molar-refractivity contribution is 6.05. The zero-order valence-electron chi connectivity index (χ0n) is 14.2. The minimum atomic E-state index is -0.548. The Balaban J connectivity index is 2.07. The summed E-state index contributed by atoms with van der Waals surface area (Å²) in [4.78, 5) is 24.0. The average Bonchev–Trinajstić information content (AvgIpc) is 3.04. The Labute approximate surface area is 150 Å². The lowest BCUT2D eigenvalue weighted by atomic mass is 10.1. The molecule has 0 atom stereocenters. The third-order valence-electron chi connectivity index (χ3n) is 3.82. The van der Waals surface area contributed by atoms with Gasteiger partial charge in [-0.15, -0.1) is 0 Å². The molecule has 0 saturated heterocycles. The molecule has 1 amide bonds. The molecule has 3 N–H and O–H groups in total. The molecule has 1 heterocycles. The van der Waals surface area contributed by atoms with Gasteiger partial charge in [-0.3, -0.25) is 9.59 Å². The van der Waals surface area contributed by atoms with Crippen LogP contribution in [-0.4, -0.2) is 35.3 Å². The number of ether oxygens (including phenoxy) is 1. The molecule has 0 saturated carbocycles. The zero-order chi connectivity index (χ0) is 18.5. The number of nitrogen functional groups attached to an aromatic ring is 1. The van der Waals surface area contributed by atoms with Gasteiger partial charge in [0.15, 0.2) is 0 Å². The van der Waals surface area contributed by atoms with Gasteiger partial charge in [-0.1, -0.05) is 48.5 Å². The Hall–Kier alpha value is -3.61. The van der Waals surface area contributed by atoms with Gasteiger partial charge >= 0.3 is 5.97 Å². The molecule has 3 rings (SSSR count). The third-order valence-corrected chi connectivity index (χ3v) is 3.82. The van der Waals surface area contributed by atoms with Crippen LogP contribution < -0.4 is 11.1 Å². The summed E-state index contributed by atoms with van der Waals surface area (Å²) < 4.78 is 6.06. The smallest absolute Gasteiger partial charge is 0.325 e. The fraction of sp³-hybridized carbons (Fsp3) is 0.105. The summed E-state index contributed by atoms with van der Waals surface area (Å²) in [6.45, 7) is -0.250. The lowest BCUT2D eigenvalue weighted by molar-refractivity contribution is -0.139. The van der Waals surface area contributed by atoms with E-state index in [-0.39, 0.29) is 17.9 Å². The highest BCUT2D eigenvalue weighted by Gasteiger charge is 2.24. The normalized spacial score (nSPS) is 10.3. The number of anilines is 1. The summed E-state index contributed by atoms with van der Waals surface area (Å²) in [5, 5.41) is 7.05. The minimum Gasteiger partial charge on any atom is -0.468 e. The van der Waals surface area contributed by atoms with Crippen molar-refractivity contribution >= 4 is 17.7 Å². The molecule has 132 valence electrons. The van der Waals surface area contributed by atoms with Crippen molar-refractivity contribution < 1.29 is 14.3 Å². The van der Waals surface area contributed by atoms with Crippen molar-refractivity contribution in [1.82, 2.24) is 15.1 Å². The number of amides is 1. The third kappa shape index (κ3) is 3.41. The van der Waals surface area contributed by atoms with Gasteiger partial charge in [-0.25, -0.2) is 4.68 Å². The Kier molecular flexibility index (Phi) is 4.98. The summed E-state index contributed by atoms with van der Waals surface area (Å²) in [6.07, 6.45) is 0. The number of esters is 1. The van der Waals surface area contributed by atoms with E-state index in [0.29, 0.717) is 5.69 Å². The van der Waals surface area contributed by atoms with Gasteiger partial charge in [0.25, 0.3) is 5.91 Å². The molecular weight excluding hydrogens is 332 g/mol. The van der Waals surface area contributed by atoms with E-state index in [2.05, 4.69) is 15.2 Å². The predicted molar refractivity (Wildman–Crippen MR) is 97.8 cm³/mol. The second-order valence-electron chi connectivity index (χ2n) is 5.48. The van der Waals surface area contributed by atoms with Crippen LogP contribution in [-0.2, 0) is 9.53 Å². The van der Waals surface area contributed by atoms with Gasteiger partial charge in [-0.05, 0) is 12.1 Å². The molecule has 2 aromatic carbocycles. The van der Waals surface area contributed by atoms with Crippen LogP contribution in [0.5, 0.6) is 0 Å². The molecule has 0 unspecified atom stereocenters. The van der Waals surface area contributed by atoms with Crippen molar-refractivity contribution in [3.63, 3.8) is 0 Å². The summed E-state index contributed by atoms with van der Waals surface area (Å²) in [5.41, 5.74) is 8.37. The maximum atomic E-state index is 12.7. The summed E-state index contributed by atoms with van der Waals surface area (Å²) in [5.74, 6) is -0.847. The lowest BCUT2D eigenvalue weighted by Gasteiger charge is -2.06. The van der Waals surface area contributed by atoms with E-state index >= 15 is 0 Å². The van der Waals surface area contributed by atoms with E-state index in [1.54, 1.807) is 0 Å².